The van der Waals surface area contributed by atoms with Crippen molar-refractivity contribution in [2.45, 2.75) is 19.9 Å². The average molecular weight is 191 g/mol. The lowest BCUT2D eigenvalue weighted by Gasteiger charge is -2.08. The highest BCUT2D eigenvalue weighted by Crippen LogP contribution is 2.16. The van der Waals surface area contributed by atoms with Gasteiger partial charge in [-0.25, -0.2) is 15.0 Å². The minimum Gasteiger partial charge on any atom is -0.366 e. The topological polar surface area (TPSA) is 55.6 Å². The minimum atomic E-state index is 0.343. The molecule has 0 aromatic carbocycles. The van der Waals surface area contributed by atoms with Gasteiger partial charge < -0.3 is 9.88 Å². The zero-order valence-corrected chi connectivity index (χ0v) is 8.52. The van der Waals surface area contributed by atoms with Gasteiger partial charge in [0.05, 0.1) is 6.33 Å². The molecule has 14 heavy (non-hydrogen) atoms. The van der Waals surface area contributed by atoms with Crippen LogP contribution in [0.3, 0.4) is 0 Å². The highest BCUT2D eigenvalue weighted by molar-refractivity contribution is 5.82. The zero-order chi connectivity index (χ0) is 10.1. The zero-order valence-electron chi connectivity index (χ0n) is 8.52. The number of anilines is 1. The van der Waals surface area contributed by atoms with Crippen LogP contribution in [-0.4, -0.2) is 25.6 Å². The van der Waals surface area contributed by atoms with Crippen molar-refractivity contribution in [1.29, 1.82) is 0 Å². The first kappa shape index (κ1) is 8.93. The van der Waals surface area contributed by atoms with E-state index in [0.717, 1.165) is 17.0 Å². The molecule has 2 heterocycles. The Morgan fingerprint density at radius 1 is 1.29 bits per heavy atom. The molecule has 0 amide bonds. The molecule has 2 rings (SSSR count). The Morgan fingerprint density at radius 2 is 2.07 bits per heavy atom. The van der Waals surface area contributed by atoms with Gasteiger partial charge in [-0.1, -0.05) is 0 Å². The van der Waals surface area contributed by atoms with E-state index < -0.39 is 0 Å². The van der Waals surface area contributed by atoms with Crippen LogP contribution in [0.5, 0.6) is 0 Å². The Labute approximate surface area is 82.2 Å². The summed E-state index contributed by atoms with van der Waals surface area (Å²) in [5.41, 5.74) is 1.67. The highest BCUT2D eigenvalue weighted by Gasteiger charge is 2.08. The molecule has 0 spiro atoms. The fraction of sp³-hybridized carbons (Fsp3) is 0.444. The molecule has 0 atom stereocenters. The van der Waals surface area contributed by atoms with E-state index >= 15 is 0 Å². The predicted octanol–water partition coefficient (Wildman–Crippen LogP) is 1.18. The predicted molar refractivity (Wildman–Crippen MR) is 55.1 cm³/mol. The third-order valence-electron chi connectivity index (χ3n) is 1.92. The Bertz CT molecular complexity index is 445. The van der Waals surface area contributed by atoms with Gasteiger partial charge in [0, 0.05) is 13.1 Å². The molecule has 2 aromatic heterocycles. The summed E-state index contributed by atoms with van der Waals surface area (Å²) in [5, 5.41) is 3.23. The van der Waals surface area contributed by atoms with Crippen molar-refractivity contribution < 1.29 is 0 Å². The lowest BCUT2D eigenvalue weighted by molar-refractivity contribution is 0.888. The Morgan fingerprint density at radius 3 is 2.79 bits per heavy atom. The number of imidazole rings is 1. The summed E-state index contributed by atoms with van der Waals surface area (Å²) in [6, 6.07) is 0.343. The average Bonchev–Trinajstić information content (AvgIpc) is 2.49. The number of fused-ring (bicyclic) bond motifs is 1. The summed E-state index contributed by atoms with van der Waals surface area (Å²) in [4.78, 5) is 12.6. The molecule has 5 heteroatoms. The van der Waals surface area contributed by atoms with Gasteiger partial charge in [0.25, 0.3) is 0 Å². The van der Waals surface area contributed by atoms with Crippen LogP contribution in [-0.2, 0) is 7.05 Å². The fourth-order valence-electron chi connectivity index (χ4n) is 1.32. The van der Waals surface area contributed by atoms with E-state index in [1.54, 1.807) is 12.7 Å². The van der Waals surface area contributed by atoms with Crippen LogP contribution in [0, 0.1) is 0 Å². The Balaban J connectivity index is 2.54. The second-order valence-corrected chi connectivity index (χ2v) is 3.55. The van der Waals surface area contributed by atoms with E-state index in [1.165, 1.54) is 0 Å². The molecule has 0 saturated carbocycles. The number of hydrogen-bond acceptors (Lipinski definition) is 4. The molecule has 0 radical (unpaired) electrons. The molecule has 0 aliphatic heterocycles. The van der Waals surface area contributed by atoms with Gasteiger partial charge in [0.1, 0.15) is 11.8 Å². The molecule has 0 aliphatic carbocycles. The van der Waals surface area contributed by atoms with E-state index in [2.05, 4.69) is 34.1 Å². The SMILES string of the molecule is CC(C)Nc1ncnc2c1ncn2C. The third kappa shape index (κ3) is 1.41. The lowest BCUT2D eigenvalue weighted by Crippen LogP contribution is -2.11. The maximum absolute atomic E-state index is 4.25. The van der Waals surface area contributed by atoms with Crippen LogP contribution in [0.4, 0.5) is 5.82 Å². The number of rotatable bonds is 2. The quantitative estimate of drug-likeness (QED) is 0.774. The molecule has 0 fully saturated rings. The van der Waals surface area contributed by atoms with Gasteiger partial charge in [-0.3, -0.25) is 0 Å². The molecule has 1 N–H and O–H groups in total. The third-order valence-corrected chi connectivity index (χ3v) is 1.92. The Hall–Kier alpha value is -1.65. The highest BCUT2D eigenvalue weighted by atomic mass is 15.1. The Kier molecular flexibility index (Phi) is 2.07. The van der Waals surface area contributed by atoms with Crippen molar-refractivity contribution in [3.63, 3.8) is 0 Å². The number of nitrogens with one attached hydrogen (secondary N) is 1. The van der Waals surface area contributed by atoms with Gasteiger partial charge >= 0.3 is 0 Å². The van der Waals surface area contributed by atoms with Crippen molar-refractivity contribution >= 4 is 17.0 Å². The lowest BCUT2D eigenvalue weighted by atomic mass is 10.4. The first-order valence-corrected chi connectivity index (χ1v) is 4.57. The van der Waals surface area contributed by atoms with E-state index in [-0.39, 0.29) is 0 Å². The summed E-state index contributed by atoms with van der Waals surface area (Å²) in [6.07, 6.45) is 3.29. The summed E-state index contributed by atoms with van der Waals surface area (Å²) < 4.78 is 1.88. The van der Waals surface area contributed by atoms with Crippen molar-refractivity contribution in [1.82, 2.24) is 19.5 Å². The molecule has 0 bridgehead atoms. The van der Waals surface area contributed by atoms with Gasteiger partial charge in [-0.2, -0.15) is 0 Å². The summed E-state index contributed by atoms with van der Waals surface area (Å²) in [5.74, 6) is 0.797. The first-order chi connectivity index (χ1) is 6.68. The monoisotopic (exact) mass is 191 g/mol. The standard InChI is InChI=1S/C9H13N5/c1-6(2)13-8-7-9(11-4-10-8)14(3)5-12-7/h4-6H,1-3H3,(H,10,11,13). The number of aryl methyl sites for hydroxylation is 1. The maximum atomic E-state index is 4.25. The van der Waals surface area contributed by atoms with Crippen molar-refractivity contribution in [2.75, 3.05) is 5.32 Å². The number of hydrogen-bond donors (Lipinski definition) is 1. The van der Waals surface area contributed by atoms with E-state index in [0.29, 0.717) is 6.04 Å². The van der Waals surface area contributed by atoms with Crippen LogP contribution in [0.1, 0.15) is 13.8 Å². The first-order valence-electron chi connectivity index (χ1n) is 4.57. The molecule has 5 nitrogen and oxygen atoms in total. The molecule has 2 aromatic rings. The normalized spacial score (nSPS) is 11.1. The molecule has 0 saturated heterocycles. The van der Waals surface area contributed by atoms with Gasteiger partial charge in [-0.15, -0.1) is 0 Å². The molecule has 0 unspecified atom stereocenters. The summed E-state index contributed by atoms with van der Waals surface area (Å²) in [6.45, 7) is 4.13. The largest absolute Gasteiger partial charge is 0.366 e. The summed E-state index contributed by atoms with van der Waals surface area (Å²) >= 11 is 0. The van der Waals surface area contributed by atoms with E-state index in [4.69, 9.17) is 0 Å². The van der Waals surface area contributed by atoms with Gasteiger partial charge in [0.2, 0.25) is 0 Å². The molecular weight excluding hydrogens is 178 g/mol. The van der Waals surface area contributed by atoms with E-state index in [1.807, 2.05) is 11.6 Å². The van der Waals surface area contributed by atoms with Crippen LogP contribution in [0.15, 0.2) is 12.7 Å². The van der Waals surface area contributed by atoms with Crippen molar-refractivity contribution in [3.05, 3.63) is 12.7 Å². The second-order valence-electron chi connectivity index (χ2n) is 3.55. The molecular formula is C9H13N5. The van der Waals surface area contributed by atoms with Crippen molar-refractivity contribution in [2.24, 2.45) is 7.05 Å². The van der Waals surface area contributed by atoms with Crippen LogP contribution < -0.4 is 5.32 Å². The smallest absolute Gasteiger partial charge is 0.165 e. The van der Waals surface area contributed by atoms with Gasteiger partial charge in [-0.05, 0) is 13.8 Å². The van der Waals surface area contributed by atoms with Gasteiger partial charge in [0.15, 0.2) is 11.5 Å². The second kappa shape index (κ2) is 3.25. The molecule has 0 aliphatic rings. The summed E-state index contributed by atoms with van der Waals surface area (Å²) in [7, 11) is 1.92. The number of aromatic nitrogens is 4. The maximum Gasteiger partial charge on any atom is 0.165 e. The van der Waals surface area contributed by atoms with Crippen molar-refractivity contribution in [3.8, 4) is 0 Å². The van der Waals surface area contributed by atoms with Crippen LogP contribution >= 0.6 is 0 Å². The number of nitrogens with zero attached hydrogens (tertiary/aromatic N) is 4. The van der Waals surface area contributed by atoms with Crippen LogP contribution in [0.25, 0.3) is 11.2 Å². The minimum absolute atomic E-state index is 0.343. The molecule has 74 valence electrons. The van der Waals surface area contributed by atoms with E-state index in [9.17, 15) is 0 Å². The fourth-order valence-corrected chi connectivity index (χ4v) is 1.32. The van der Waals surface area contributed by atoms with Crippen LogP contribution in [0.2, 0.25) is 0 Å².